The number of hydrogen-bond donors (Lipinski definition) is 0. The van der Waals surface area contributed by atoms with E-state index >= 15 is 0 Å². The zero-order chi connectivity index (χ0) is 13.0. The first-order valence-corrected chi connectivity index (χ1v) is 6.53. The second-order valence-corrected chi connectivity index (χ2v) is 5.08. The number of carbonyl (C=O) groups is 2. The van der Waals surface area contributed by atoms with Gasteiger partial charge in [-0.25, -0.2) is 4.98 Å². The molecule has 0 aliphatic heterocycles. The van der Waals surface area contributed by atoms with Gasteiger partial charge in [-0.3, -0.25) is 9.59 Å². The van der Waals surface area contributed by atoms with Crippen molar-refractivity contribution >= 4 is 22.9 Å². The maximum atomic E-state index is 11.9. The highest BCUT2D eigenvalue weighted by Gasteiger charge is 2.08. The van der Waals surface area contributed by atoms with Crippen LogP contribution in [0.1, 0.15) is 27.9 Å². The van der Waals surface area contributed by atoms with Gasteiger partial charge in [-0.15, -0.1) is 11.3 Å². The van der Waals surface area contributed by atoms with E-state index in [2.05, 4.69) is 4.98 Å². The number of thiazole rings is 1. The van der Waals surface area contributed by atoms with Gasteiger partial charge in [-0.2, -0.15) is 0 Å². The van der Waals surface area contributed by atoms with Gasteiger partial charge in [-0.05, 0) is 12.5 Å². The highest BCUT2D eigenvalue weighted by molar-refractivity contribution is 7.09. The first-order chi connectivity index (χ1) is 8.65. The zero-order valence-corrected chi connectivity index (χ0v) is 10.9. The van der Waals surface area contributed by atoms with E-state index in [1.807, 2.05) is 17.5 Å². The van der Waals surface area contributed by atoms with Gasteiger partial charge < -0.3 is 0 Å². The molecule has 0 saturated heterocycles. The van der Waals surface area contributed by atoms with Gasteiger partial charge in [0.15, 0.2) is 5.78 Å². The topological polar surface area (TPSA) is 47.0 Å². The van der Waals surface area contributed by atoms with E-state index in [-0.39, 0.29) is 11.6 Å². The third-order valence-electron chi connectivity index (χ3n) is 2.52. The lowest BCUT2D eigenvalue weighted by atomic mass is 10.0. The molecule has 18 heavy (non-hydrogen) atoms. The van der Waals surface area contributed by atoms with Crippen molar-refractivity contribution in [2.45, 2.75) is 19.8 Å². The van der Waals surface area contributed by atoms with Crippen LogP contribution in [0.4, 0.5) is 0 Å². The summed E-state index contributed by atoms with van der Waals surface area (Å²) < 4.78 is 0. The van der Waals surface area contributed by atoms with Crippen molar-refractivity contribution in [1.82, 2.24) is 4.98 Å². The molecule has 0 radical (unpaired) electrons. The molecule has 0 bridgehead atoms. The molecule has 0 unspecified atom stereocenters. The van der Waals surface area contributed by atoms with Crippen LogP contribution in [0.15, 0.2) is 35.8 Å². The first kappa shape index (κ1) is 12.6. The number of carbonyl (C=O) groups excluding carboxylic acids is 2. The molecule has 0 saturated carbocycles. The molecule has 0 aliphatic rings. The zero-order valence-electron chi connectivity index (χ0n) is 10.1. The van der Waals surface area contributed by atoms with E-state index in [0.717, 1.165) is 10.6 Å². The van der Waals surface area contributed by atoms with E-state index in [0.29, 0.717) is 18.4 Å². The predicted octanol–water partition coefficient (Wildman–Crippen LogP) is 2.70. The number of aromatic nitrogens is 1. The summed E-state index contributed by atoms with van der Waals surface area (Å²) >= 11 is 1.48. The van der Waals surface area contributed by atoms with Crippen LogP contribution in [-0.2, 0) is 17.6 Å². The van der Waals surface area contributed by atoms with Crippen molar-refractivity contribution in [1.29, 1.82) is 0 Å². The fraction of sp³-hybridized carbons (Fsp3) is 0.214. The van der Waals surface area contributed by atoms with Crippen molar-refractivity contribution in [2.75, 3.05) is 0 Å². The molecule has 92 valence electrons. The molecule has 0 spiro atoms. The molecule has 0 atom stereocenters. The molecule has 4 heteroatoms. The lowest BCUT2D eigenvalue weighted by molar-refractivity contribution is -0.116. The van der Waals surface area contributed by atoms with Crippen LogP contribution in [-0.4, -0.2) is 16.6 Å². The third kappa shape index (κ3) is 3.34. The van der Waals surface area contributed by atoms with Crippen molar-refractivity contribution in [2.24, 2.45) is 0 Å². The Kier molecular flexibility index (Phi) is 3.99. The fourth-order valence-electron chi connectivity index (χ4n) is 1.68. The van der Waals surface area contributed by atoms with Gasteiger partial charge in [0, 0.05) is 23.6 Å². The molecular formula is C14H13NO2S. The van der Waals surface area contributed by atoms with E-state index in [1.54, 1.807) is 25.3 Å². The summed E-state index contributed by atoms with van der Waals surface area (Å²) in [5, 5.41) is 2.69. The number of benzene rings is 1. The van der Waals surface area contributed by atoms with E-state index in [9.17, 15) is 9.59 Å². The average Bonchev–Trinajstić information content (AvgIpc) is 2.82. The van der Waals surface area contributed by atoms with Crippen molar-refractivity contribution < 1.29 is 9.59 Å². The Morgan fingerprint density at radius 3 is 2.44 bits per heavy atom. The van der Waals surface area contributed by atoms with Gasteiger partial charge in [0.25, 0.3) is 0 Å². The molecule has 0 N–H and O–H groups in total. The molecule has 1 aromatic heterocycles. The van der Waals surface area contributed by atoms with Gasteiger partial charge in [-0.1, -0.05) is 24.3 Å². The molecule has 0 aliphatic carbocycles. The Balaban J connectivity index is 2.05. The van der Waals surface area contributed by atoms with Gasteiger partial charge in [0.1, 0.15) is 10.8 Å². The normalized spacial score (nSPS) is 10.3. The smallest absolute Gasteiger partial charge is 0.169 e. The minimum Gasteiger partial charge on any atom is -0.300 e. The molecule has 0 fully saturated rings. The largest absolute Gasteiger partial charge is 0.300 e. The summed E-state index contributed by atoms with van der Waals surface area (Å²) in [6, 6.07) is 7.20. The first-order valence-electron chi connectivity index (χ1n) is 5.65. The Bertz CT molecular complexity index is 544. The summed E-state index contributed by atoms with van der Waals surface area (Å²) in [6.45, 7) is 1.56. The predicted molar refractivity (Wildman–Crippen MR) is 71.0 cm³/mol. The van der Waals surface area contributed by atoms with Gasteiger partial charge in [0.05, 0.1) is 6.42 Å². The number of Topliss-reactive ketones (excluding diaryl/α,β-unsaturated/α-hetero) is 2. The number of ketones is 2. The minimum atomic E-state index is 0.0549. The molecule has 3 nitrogen and oxygen atoms in total. The van der Waals surface area contributed by atoms with Gasteiger partial charge >= 0.3 is 0 Å². The minimum absolute atomic E-state index is 0.0549. The molecule has 2 rings (SSSR count). The Morgan fingerprint density at radius 2 is 1.89 bits per heavy atom. The van der Waals surface area contributed by atoms with Crippen molar-refractivity contribution in [3.05, 3.63) is 52.0 Å². The van der Waals surface area contributed by atoms with Crippen LogP contribution in [0.5, 0.6) is 0 Å². The SMILES string of the molecule is CC(=O)Cc1ccc(C(=O)Cc2nccs2)cc1. The summed E-state index contributed by atoms with van der Waals surface area (Å²) in [6.07, 6.45) is 2.45. The second kappa shape index (κ2) is 5.69. The quantitative estimate of drug-likeness (QED) is 0.776. The molecular weight excluding hydrogens is 246 g/mol. The van der Waals surface area contributed by atoms with E-state index in [1.165, 1.54) is 11.3 Å². The maximum Gasteiger partial charge on any atom is 0.169 e. The molecule has 1 aromatic carbocycles. The highest BCUT2D eigenvalue weighted by atomic mass is 32.1. The lowest BCUT2D eigenvalue weighted by Crippen LogP contribution is -2.04. The maximum absolute atomic E-state index is 11.9. The summed E-state index contributed by atoms with van der Waals surface area (Å²) in [4.78, 5) is 27.0. The molecule has 0 amide bonds. The Morgan fingerprint density at radius 1 is 1.17 bits per heavy atom. The van der Waals surface area contributed by atoms with Crippen LogP contribution in [0, 0.1) is 0 Å². The number of rotatable bonds is 5. The monoisotopic (exact) mass is 259 g/mol. The lowest BCUT2D eigenvalue weighted by Gasteiger charge is -2.01. The van der Waals surface area contributed by atoms with Crippen molar-refractivity contribution in [3.8, 4) is 0 Å². The number of hydrogen-bond acceptors (Lipinski definition) is 4. The number of nitrogens with zero attached hydrogens (tertiary/aromatic N) is 1. The van der Waals surface area contributed by atoms with Crippen LogP contribution < -0.4 is 0 Å². The van der Waals surface area contributed by atoms with Crippen LogP contribution >= 0.6 is 11.3 Å². The fourth-order valence-corrected chi connectivity index (χ4v) is 2.29. The second-order valence-electron chi connectivity index (χ2n) is 4.10. The standard InChI is InChI=1S/C14H13NO2S/c1-10(16)8-11-2-4-12(5-3-11)13(17)9-14-15-6-7-18-14/h2-7H,8-9H2,1H3. The summed E-state index contributed by atoms with van der Waals surface area (Å²) in [7, 11) is 0. The van der Waals surface area contributed by atoms with E-state index in [4.69, 9.17) is 0 Å². The average molecular weight is 259 g/mol. The Labute approximate surface area is 109 Å². The van der Waals surface area contributed by atoms with Gasteiger partial charge in [0.2, 0.25) is 0 Å². The van der Waals surface area contributed by atoms with E-state index < -0.39 is 0 Å². The Hall–Kier alpha value is -1.81. The third-order valence-corrected chi connectivity index (χ3v) is 3.30. The van der Waals surface area contributed by atoms with Crippen molar-refractivity contribution in [3.63, 3.8) is 0 Å². The van der Waals surface area contributed by atoms with Crippen LogP contribution in [0.2, 0.25) is 0 Å². The molecule has 2 aromatic rings. The van der Waals surface area contributed by atoms with Crippen LogP contribution in [0.3, 0.4) is 0 Å². The highest BCUT2D eigenvalue weighted by Crippen LogP contribution is 2.11. The molecule has 1 heterocycles. The summed E-state index contributed by atoms with van der Waals surface area (Å²) in [5.41, 5.74) is 1.60. The summed E-state index contributed by atoms with van der Waals surface area (Å²) in [5.74, 6) is 0.177. The van der Waals surface area contributed by atoms with Crippen LogP contribution in [0.25, 0.3) is 0 Å².